The van der Waals surface area contributed by atoms with E-state index in [4.69, 9.17) is 0 Å². The van der Waals surface area contributed by atoms with E-state index < -0.39 is 131 Å². The summed E-state index contributed by atoms with van der Waals surface area (Å²) in [5.74, 6) is -5.49. The Labute approximate surface area is 491 Å². The second kappa shape index (κ2) is 26.1. The lowest BCUT2D eigenvalue weighted by Gasteiger charge is -2.36. The lowest BCUT2D eigenvalue weighted by atomic mass is 9.85. The van der Waals surface area contributed by atoms with Crippen molar-refractivity contribution in [1.29, 1.82) is 0 Å². The summed E-state index contributed by atoms with van der Waals surface area (Å²) in [5, 5.41) is 45.8. The standard InChI is InChI=1S/C60H76N10O10.2ClH/c1-31(61-9)51(73)67-49(59(3,4)5)57(79)69-29-33(27-43(69)53(75)65-45-39-23-15-11-19-35(39)36-20-12-16-24-40(36)45)63-55(77)47(71)48(72)56(78)64-34-28-44(70(30-34)58(80)50(60(6,7)8)68-52(74)32(2)62-10)54(76)66-46-41-25-17-13-21-37(41)38-22-14-18-26-42(38)46;;/h11-26,31-34,43-50,61-62,71-72H,27-30H2,1-10H3,(H,63,77)(H,64,78)(H,65,75)(H,66,76)(H,67,73)(H,68,74);2*1H/t31-,32-,33-,34-,43-,44-,47+,48+,49+,50+;;/m0../s1. The van der Waals surface area contributed by atoms with E-state index in [1.54, 1.807) is 69.5 Å². The minimum absolute atomic E-state index is 0. The molecule has 0 saturated carbocycles. The normalized spacial score (nSPS) is 20.3. The number of benzene rings is 4. The maximum absolute atomic E-state index is 14.8. The van der Waals surface area contributed by atoms with Gasteiger partial charge in [0.05, 0.1) is 24.2 Å². The number of likely N-dealkylation sites (N-methyl/N-ethyl adjacent to an activating group) is 2. The smallest absolute Gasteiger partial charge is 0.252 e. The van der Waals surface area contributed by atoms with Gasteiger partial charge in [-0.15, -0.1) is 24.8 Å². The number of nitrogens with zero attached hydrogens (tertiary/aromatic N) is 2. The van der Waals surface area contributed by atoms with E-state index in [2.05, 4.69) is 42.5 Å². The summed E-state index contributed by atoms with van der Waals surface area (Å²) in [5.41, 5.74) is 5.50. The first-order chi connectivity index (χ1) is 37.8. The van der Waals surface area contributed by atoms with Gasteiger partial charge in [-0.05, 0) is 96.1 Å². The van der Waals surface area contributed by atoms with Gasteiger partial charge in [-0.1, -0.05) is 139 Å². The monoisotopic (exact) mass is 1170 g/mol. The Morgan fingerprint density at radius 3 is 1.01 bits per heavy atom. The number of aliphatic hydroxyl groups is 2. The number of nitrogens with one attached hydrogen (secondary N) is 8. The molecule has 22 heteroatoms. The Hall–Kier alpha value is -6.94. The number of fused-ring (bicyclic) bond motifs is 6. The quantitative estimate of drug-likeness (QED) is 0.0731. The SMILES string of the molecule is CN[C@@H](C)C(=O)N[C@H](C(=O)N1C[C@@H](NC(=O)[C@H](O)[C@@H](O)C(=O)N[C@H]2C[C@@H](C(=O)NC3c4ccccc4-c4ccccc43)N(C(=O)[C@@H](NC(=O)[C@H](C)NC)C(C)(C)C)C2)C[C@H]1C(=O)NC1c2ccccc2-c2ccccc21)C(C)(C)C.Cl.Cl. The molecule has 0 aromatic heterocycles. The zero-order chi connectivity index (χ0) is 58.1. The molecule has 442 valence electrons. The highest BCUT2D eigenvalue weighted by molar-refractivity contribution is 5.97. The van der Waals surface area contributed by atoms with Crippen LogP contribution in [-0.4, -0.2) is 155 Å². The molecule has 4 aromatic carbocycles. The maximum atomic E-state index is 14.8. The van der Waals surface area contributed by atoms with E-state index in [1.807, 2.05) is 97.1 Å². The van der Waals surface area contributed by atoms with Crippen molar-refractivity contribution in [1.82, 2.24) is 52.3 Å². The zero-order valence-corrected chi connectivity index (χ0v) is 49.5. The van der Waals surface area contributed by atoms with Crippen LogP contribution in [0.1, 0.15) is 103 Å². The second-order valence-corrected chi connectivity index (χ2v) is 23.7. The highest BCUT2D eigenvalue weighted by Gasteiger charge is 2.49. The summed E-state index contributed by atoms with van der Waals surface area (Å²) in [6.45, 7) is 13.5. The van der Waals surface area contributed by atoms with Crippen LogP contribution in [0.15, 0.2) is 97.1 Å². The number of likely N-dealkylation sites (tertiary alicyclic amines) is 2. The molecule has 82 heavy (non-hydrogen) atoms. The summed E-state index contributed by atoms with van der Waals surface area (Å²) in [6, 6.07) is 21.6. The first-order valence-electron chi connectivity index (χ1n) is 27.3. The Morgan fingerprint density at radius 2 is 0.744 bits per heavy atom. The number of aliphatic hydroxyl groups excluding tert-OH is 2. The average Bonchev–Trinajstić information content (AvgIpc) is 4.21. The third-order valence-electron chi connectivity index (χ3n) is 16.0. The Balaban J connectivity index is 0.00000541. The van der Waals surface area contributed by atoms with Crippen LogP contribution >= 0.6 is 24.8 Å². The molecule has 0 bridgehead atoms. The number of hydrogen-bond donors (Lipinski definition) is 10. The van der Waals surface area contributed by atoms with Crippen LogP contribution in [0.5, 0.6) is 0 Å². The third kappa shape index (κ3) is 13.3. The van der Waals surface area contributed by atoms with E-state index >= 15 is 0 Å². The van der Waals surface area contributed by atoms with Crippen LogP contribution in [0.4, 0.5) is 0 Å². The number of rotatable bonds is 17. The molecular weight excluding hydrogens is 1090 g/mol. The number of carbonyl (C=O) groups excluding carboxylic acids is 8. The van der Waals surface area contributed by atoms with Gasteiger partial charge in [-0.2, -0.15) is 0 Å². The van der Waals surface area contributed by atoms with Crippen molar-refractivity contribution in [2.75, 3.05) is 27.2 Å². The number of carbonyl (C=O) groups is 8. The first-order valence-corrected chi connectivity index (χ1v) is 27.3. The molecule has 2 saturated heterocycles. The number of hydrogen-bond acceptors (Lipinski definition) is 12. The van der Waals surface area contributed by atoms with Crippen molar-refractivity contribution in [3.8, 4) is 22.3 Å². The Morgan fingerprint density at radius 1 is 0.463 bits per heavy atom. The van der Waals surface area contributed by atoms with Gasteiger partial charge in [0, 0.05) is 25.2 Å². The molecule has 8 rings (SSSR count). The van der Waals surface area contributed by atoms with Crippen LogP contribution in [0.3, 0.4) is 0 Å². The molecule has 2 aliphatic heterocycles. The number of amides is 8. The largest absolute Gasteiger partial charge is 0.380 e. The highest BCUT2D eigenvalue weighted by Crippen LogP contribution is 2.45. The predicted molar refractivity (Wildman–Crippen MR) is 314 cm³/mol. The summed E-state index contributed by atoms with van der Waals surface area (Å²) in [4.78, 5) is 116. The van der Waals surface area contributed by atoms with Gasteiger partial charge >= 0.3 is 0 Å². The molecular formula is C60H78Cl2N10O10. The molecule has 2 heterocycles. The summed E-state index contributed by atoms with van der Waals surface area (Å²) in [7, 11) is 3.22. The lowest BCUT2D eigenvalue weighted by Crippen LogP contribution is -2.60. The van der Waals surface area contributed by atoms with Gasteiger partial charge in [0.15, 0.2) is 12.2 Å². The molecule has 4 aliphatic rings. The maximum Gasteiger partial charge on any atom is 0.252 e. The van der Waals surface area contributed by atoms with Crippen molar-refractivity contribution in [3.63, 3.8) is 0 Å². The van der Waals surface area contributed by atoms with E-state index in [9.17, 15) is 48.6 Å². The van der Waals surface area contributed by atoms with Crippen molar-refractivity contribution in [3.05, 3.63) is 119 Å². The molecule has 8 amide bonds. The van der Waals surface area contributed by atoms with Crippen molar-refractivity contribution < 1.29 is 48.6 Å². The summed E-state index contributed by atoms with van der Waals surface area (Å²) in [6.07, 6.45) is -5.00. The van der Waals surface area contributed by atoms with Gasteiger partial charge in [-0.25, -0.2) is 0 Å². The molecule has 20 nitrogen and oxygen atoms in total. The molecule has 0 unspecified atom stereocenters. The number of halogens is 2. The minimum atomic E-state index is -2.36. The van der Waals surface area contributed by atoms with Crippen LogP contribution < -0.4 is 42.5 Å². The van der Waals surface area contributed by atoms with E-state index in [0.717, 1.165) is 44.5 Å². The van der Waals surface area contributed by atoms with Gasteiger partial charge in [-0.3, -0.25) is 38.4 Å². The Bertz CT molecular complexity index is 2770. The molecule has 4 aromatic rings. The van der Waals surface area contributed by atoms with E-state index in [-0.39, 0.29) is 50.7 Å². The van der Waals surface area contributed by atoms with Gasteiger partial charge in [0.1, 0.15) is 24.2 Å². The van der Waals surface area contributed by atoms with Gasteiger partial charge in [0.2, 0.25) is 35.4 Å². The summed E-state index contributed by atoms with van der Waals surface area (Å²) < 4.78 is 0. The molecule has 0 radical (unpaired) electrons. The molecule has 10 atom stereocenters. The van der Waals surface area contributed by atoms with Crippen LogP contribution in [-0.2, 0) is 38.4 Å². The average molecular weight is 1170 g/mol. The van der Waals surface area contributed by atoms with Gasteiger partial charge in [0.25, 0.3) is 11.8 Å². The molecule has 2 aliphatic carbocycles. The van der Waals surface area contributed by atoms with E-state index in [0.29, 0.717) is 0 Å². The zero-order valence-electron chi connectivity index (χ0n) is 47.9. The van der Waals surface area contributed by atoms with E-state index in [1.165, 1.54) is 9.80 Å². The third-order valence-corrected chi connectivity index (χ3v) is 16.0. The van der Waals surface area contributed by atoms with Crippen LogP contribution in [0.25, 0.3) is 22.3 Å². The van der Waals surface area contributed by atoms with Gasteiger partial charge < -0.3 is 62.5 Å². The summed E-state index contributed by atoms with van der Waals surface area (Å²) >= 11 is 0. The fraction of sp³-hybridized carbons (Fsp3) is 0.467. The fourth-order valence-corrected chi connectivity index (χ4v) is 11.2. The minimum Gasteiger partial charge on any atom is -0.380 e. The first kappa shape index (κ1) is 64.2. The lowest BCUT2D eigenvalue weighted by molar-refractivity contribution is -0.147. The van der Waals surface area contributed by atoms with Crippen LogP contribution in [0.2, 0.25) is 0 Å². The van der Waals surface area contributed by atoms with Crippen molar-refractivity contribution in [2.45, 2.75) is 141 Å². The van der Waals surface area contributed by atoms with Crippen molar-refractivity contribution in [2.24, 2.45) is 10.8 Å². The molecule has 2 fully saturated rings. The predicted octanol–water partition coefficient (Wildman–Crippen LogP) is 2.77. The topological polar surface area (TPSA) is 280 Å². The molecule has 0 spiro atoms. The second-order valence-electron chi connectivity index (χ2n) is 23.7. The van der Waals surface area contributed by atoms with Crippen molar-refractivity contribution >= 4 is 72.1 Å². The Kier molecular flexibility index (Phi) is 20.4. The van der Waals surface area contributed by atoms with Crippen LogP contribution in [0, 0.1) is 10.8 Å². The molecule has 10 N–H and O–H groups in total. The fourth-order valence-electron chi connectivity index (χ4n) is 11.2. The highest BCUT2D eigenvalue weighted by atomic mass is 35.5.